The molecular formula is C40H24. The van der Waals surface area contributed by atoms with Crippen LogP contribution in [-0.4, -0.2) is 0 Å². The van der Waals surface area contributed by atoms with Crippen molar-refractivity contribution in [2.45, 2.75) is 0 Å². The van der Waals surface area contributed by atoms with Gasteiger partial charge < -0.3 is 0 Å². The molecule has 9 aromatic rings. The van der Waals surface area contributed by atoms with Crippen molar-refractivity contribution < 1.29 is 0 Å². The number of hydrogen-bond acceptors (Lipinski definition) is 0. The second kappa shape index (κ2) is 8.15. The molecule has 184 valence electrons. The number of fused-ring (bicyclic) bond motifs is 11. The SMILES string of the molecule is c1ccc2cc3c(-c4cc5ccccc5c5ccccc45)c4c5ccccc5c5ccccc5c4cc3cc2c1. The third-order valence-corrected chi connectivity index (χ3v) is 8.75. The van der Waals surface area contributed by atoms with Gasteiger partial charge in [-0.3, -0.25) is 0 Å². The van der Waals surface area contributed by atoms with Crippen LogP contribution in [0.25, 0.3) is 86.5 Å². The predicted molar refractivity (Wildman–Crippen MR) is 174 cm³/mol. The molecule has 0 heterocycles. The van der Waals surface area contributed by atoms with E-state index in [0.29, 0.717) is 0 Å². The quantitative estimate of drug-likeness (QED) is 0.154. The summed E-state index contributed by atoms with van der Waals surface area (Å²) in [7, 11) is 0. The fourth-order valence-corrected chi connectivity index (χ4v) is 7.01. The Labute approximate surface area is 231 Å². The Morgan fingerprint density at radius 2 is 0.700 bits per heavy atom. The van der Waals surface area contributed by atoms with E-state index in [1.807, 2.05) is 0 Å². The van der Waals surface area contributed by atoms with Gasteiger partial charge in [0.1, 0.15) is 0 Å². The average Bonchev–Trinajstić information content (AvgIpc) is 3.02. The molecule has 0 saturated heterocycles. The van der Waals surface area contributed by atoms with E-state index in [0.717, 1.165) is 0 Å². The first-order valence-electron chi connectivity index (χ1n) is 13.9. The van der Waals surface area contributed by atoms with Gasteiger partial charge in [0.25, 0.3) is 0 Å². The van der Waals surface area contributed by atoms with Crippen LogP contribution in [0.5, 0.6) is 0 Å². The van der Waals surface area contributed by atoms with E-state index in [1.54, 1.807) is 0 Å². The molecule has 0 amide bonds. The van der Waals surface area contributed by atoms with Gasteiger partial charge in [-0.1, -0.05) is 121 Å². The third-order valence-electron chi connectivity index (χ3n) is 8.75. The van der Waals surface area contributed by atoms with E-state index >= 15 is 0 Å². The molecule has 0 bridgehead atoms. The minimum absolute atomic E-state index is 1.27. The molecule has 0 saturated carbocycles. The predicted octanol–water partition coefficient (Wildman–Crippen LogP) is 11.4. The fraction of sp³-hybridized carbons (Fsp3) is 0. The van der Waals surface area contributed by atoms with Crippen molar-refractivity contribution in [2.24, 2.45) is 0 Å². The molecule has 9 rings (SSSR count). The maximum Gasteiger partial charge on any atom is -0.00137 e. The standard InChI is InChI=1S/C40H24/c1-2-12-26-22-36-28(21-25(26)11-1)24-38-34-19-8-6-16-31(34)32-17-9-10-20-35(32)39(38)40(36)37-23-27-13-3-4-14-29(27)30-15-5-7-18-33(30)37/h1-24H. The maximum atomic E-state index is 2.43. The molecular weight excluding hydrogens is 480 g/mol. The lowest BCUT2D eigenvalue weighted by molar-refractivity contribution is 1.74. The highest BCUT2D eigenvalue weighted by molar-refractivity contribution is 6.34. The zero-order valence-corrected chi connectivity index (χ0v) is 21.9. The van der Waals surface area contributed by atoms with Gasteiger partial charge in [-0.15, -0.1) is 0 Å². The van der Waals surface area contributed by atoms with Crippen LogP contribution in [0, 0.1) is 0 Å². The van der Waals surface area contributed by atoms with Crippen molar-refractivity contribution >= 4 is 75.4 Å². The molecule has 9 aromatic carbocycles. The fourth-order valence-electron chi connectivity index (χ4n) is 7.01. The lowest BCUT2D eigenvalue weighted by atomic mass is 9.83. The highest BCUT2D eigenvalue weighted by Gasteiger charge is 2.19. The van der Waals surface area contributed by atoms with Crippen molar-refractivity contribution in [1.29, 1.82) is 0 Å². The van der Waals surface area contributed by atoms with Gasteiger partial charge in [0.2, 0.25) is 0 Å². The van der Waals surface area contributed by atoms with Gasteiger partial charge >= 0.3 is 0 Å². The summed E-state index contributed by atoms with van der Waals surface area (Å²) < 4.78 is 0. The minimum atomic E-state index is 1.27. The first-order chi connectivity index (χ1) is 19.8. The molecule has 0 spiro atoms. The van der Waals surface area contributed by atoms with Crippen LogP contribution < -0.4 is 0 Å². The Morgan fingerprint density at radius 1 is 0.250 bits per heavy atom. The lowest BCUT2D eigenvalue weighted by Crippen LogP contribution is -1.92. The summed E-state index contributed by atoms with van der Waals surface area (Å²) in [6.45, 7) is 0. The van der Waals surface area contributed by atoms with Crippen LogP contribution in [0.1, 0.15) is 0 Å². The van der Waals surface area contributed by atoms with Crippen molar-refractivity contribution in [2.75, 3.05) is 0 Å². The highest BCUT2D eigenvalue weighted by atomic mass is 14.2. The van der Waals surface area contributed by atoms with Crippen LogP contribution >= 0.6 is 0 Å². The summed E-state index contributed by atoms with van der Waals surface area (Å²) in [5, 5.41) is 18.1. The topological polar surface area (TPSA) is 0 Å². The average molecular weight is 505 g/mol. The smallest absolute Gasteiger partial charge is 0.00137 e. The van der Waals surface area contributed by atoms with Crippen molar-refractivity contribution in [3.05, 3.63) is 146 Å². The number of hydrogen-bond donors (Lipinski definition) is 0. The third kappa shape index (κ3) is 2.96. The molecule has 0 aliphatic rings. The Morgan fingerprint density at radius 3 is 1.40 bits per heavy atom. The van der Waals surface area contributed by atoms with E-state index in [-0.39, 0.29) is 0 Å². The monoisotopic (exact) mass is 504 g/mol. The molecule has 0 aliphatic heterocycles. The van der Waals surface area contributed by atoms with Gasteiger partial charge in [-0.05, 0) is 111 Å². The highest BCUT2D eigenvalue weighted by Crippen LogP contribution is 2.47. The van der Waals surface area contributed by atoms with Crippen LogP contribution in [0.2, 0.25) is 0 Å². The van der Waals surface area contributed by atoms with Crippen molar-refractivity contribution in [3.63, 3.8) is 0 Å². The van der Waals surface area contributed by atoms with Gasteiger partial charge in [0.05, 0.1) is 0 Å². The first kappa shape index (κ1) is 21.7. The van der Waals surface area contributed by atoms with Crippen molar-refractivity contribution in [1.82, 2.24) is 0 Å². The molecule has 0 N–H and O–H groups in total. The Balaban J connectivity index is 1.63. The Hall–Kier alpha value is -5.20. The molecule has 0 atom stereocenters. The first-order valence-corrected chi connectivity index (χ1v) is 13.9. The molecule has 0 aliphatic carbocycles. The maximum absolute atomic E-state index is 2.43. The summed E-state index contributed by atoms with van der Waals surface area (Å²) >= 11 is 0. The zero-order chi connectivity index (χ0) is 26.2. The van der Waals surface area contributed by atoms with Gasteiger partial charge in [0.15, 0.2) is 0 Å². The molecule has 40 heavy (non-hydrogen) atoms. The Kier molecular flexibility index (Phi) is 4.42. The van der Waals surface area contributed by atoms with E-state index in [1.165, 1.54) is 86.5 Å². The molecule has 0 radical (unpaired) electrons. The summed E-state index contributed by atoms with van der Waals surface area (Å²) in [6, 6.07) is 53.9. The van der Waals surface area contributed by atoms with Gasteiger partial charge in [-0.25, -0.2) is 0 Å². The van der Waals surface area contributed by atoms with Crippen LogP contribution in [0.4, 0.5) is 0 Å². The normalized spacial score (nSPS) is 12.0. The minimum Gasteiger partial charge on any atom is -0.0616 e. The summed E-state index contributed by atoms with van der Waals surface area (Å²) in [5.41, 5.74) is 2.61. The van der Waals surface area contributed by atoms with E-state index < -0.39 is 0 Å². The van der Waals surface area contributed by atoms with Crippen LogP contribution in [-0.2, 0) is 0 Å². The number of benzene rings is 9. The largest absolute Gasteiger partial charge is 0.0616 e. The summed E-state index contributed by atoms with van der Waals surface area (Å²) in [5.74, 6) is 0. The van der Waals surface area contributed by atoms with Gasteiger partial charge in [-0.2, -0.15) is 0 Å². The van der Waals surface area contributed by atoms with E-state index in [9.17, 15) is 0 Å². The van der Waals surface area contributed by atoms with E-state index in [4.69, 9.17) is 0 Å². The summed E-state index contributed by atoms with van der Waals surface area (Å²) in [6.07, 6.45) is 0. The van der Waals surface area contributed by atoms with Crippen molar-refractivity contribution in [3.8, 4) is 11.1 Å². The second-order valence-electron chi connectivity index (χ2n) is 10.9. The molecule has 0 nitrogen and oxygen atoms in total. The number of rotatable bonds is 1. The molecule has 0 heteroatoms. The zero-order valence-electron chi connectivity index (χ0n) is 21.9. The van der Waals surface area contributed by atoms with E-state index in [2.05, 4.69) is 146 Å². The van der Waals surface area contributed by atoms with Crippen LogP contribution in [0.15, 0.2) is 146 Å². The molecule has 0 fully saturated rings. The second-order valence-corrected chi connectivity index (χ2v) is 10.9. The summed E-state index contributed by atoms with van der Waals surface area (Å²) in [4.78, 5) is 0. The molecule has 0 aromatic heterocycles. The van der Waals surface area contributed by atoms with Crippen LogP contribution in [0.3, 0.4) is 0 Å². The molecule has 0 unspecified atom stereocenters. The lowest BCUT2D eigenvalue weighted by Gasteiger charge is -2.20. The van der Waals surface area contributed by atoms with Gasteiger partial charge in [0, 0.05) is 0 Å². The Bertz CT molecular complexity index is 2480.